The molecule has 0 radical (unpaired) electrons. The molecule has 1 fully saturated rings. The molecular weight excluding hydrogens is 252 g/mol. The number of anilines is 2. The van der Waals surface area contributed by atoms with E-state index in [4.69, 9.17) is 10.5 Å². The van der Waals surface area contributed by atoms with Gasteiger partial charge in [-0.2, -0.15) is 0 Å². The SMILES string of the molecule is COCCN(c1ccc(C(C)=O)c(N)c1)C(C)C1CC1. The summed E-state index contributed by atoms with van der Waals surface area (Å²) in [4.78, 5) is 13.8. The summed E-state index contributed by atoms with van der Waals surface area (Å²) in [5.74, 6) is 0.772. The largest absolute Gasteiger partial charge is 0.398 e. The fraction of sp³-hybridized carbons (Fsp3) is 0.562. The van der Waals surface area contributed by atoms with Crippen LogP contribution in [0.5, 0.6) is 0 Å². The second-order valence-electron chi connectivity index (χ2n) is 5.59. The summed E-state index contributed by atoms with van der Waals surface area (Å²) in [6, 6.07) is 6.20. The van der Waals surface area contributed by atoms with E-state index >= 15 is 0 Å². The first-order chi connectivity index (χ1) is 9.54. The Morgan fingerprint density at radius 3 is 2.70 bits per heavy atom. The van der Waals surface area contributed by atoms with Gasteiger partial charge in [0.2, 0.25) is 0 Å². The van der Waals surface area contributed by atoms with Gasteiger partial charge in [-0.3, -0.25) is 4.79 Å². The average molecular weight is 276 g/mol. The van der Waals surface area contributed by atoms with Crippen LogP contribution in [0, 0.1) is 5.92 Å². The molecule has 1 saturated carbocycles. The lowest BCUT2D eigenvalue weighted by molar-refractivity contribution is 0.101. The third-order valence-corrected chi connectivity index (χ3v) is 4.08. The number of methoxy groups -OCH3 is 1. The minimum atomic E-state index is 0.00716. The first-order valence-electron chi connectivity index (χ1n) is 7.20. The zero-order valence-electron chi connectivity index (χ0n) is 12.6. The van der Waals surface area contributed by atoms with Crippen LogP contribution in [0.15, 0.2) is 18.2 Å². The summed E-state index contributed by atoms with van der Waals surface area (Å²) >= 11 is 0. The van der Waals surface area contributed by atoms with Crippen LogP contribution < -0.4 is 10.6 Å². The lowest BCUT2D eigenvalue weighted by atomic mass is 10.1. The Labute approximate surface area is 120 Å². The van der Waals surface area contributed by atoms with Gasteiger partial charge in [-0.1, -0.05) is 0 Å². The highest BCUT2D eigenvalue weighted by atomic mass is 16.5. The van der Waals surface area contributed by atoms with Gasteiger partial charge in [-0.25, -0.2) is 0 Å². The van der Waals surface area contributed by atoms with E-state index < -0.39 is 0 Å². The Bertz CT molecular complexity index is 483. The summed E-state index contributed by atoms with van der Waals surface area (Å²) in [7, 11) is 1.72. The van der Waals surface area contributed by atoms with Crippen molar-refractivity contribution in [3.8, 4) is 0 Å². The maximum absolute atomic E-state index is 11.5. The van der Waals surface area contributed by atoms with Crippen molar-refractivity contribution in [1.29, 1.82) is 0 Å². The van der Waals surface area contributed by atoms with Gasteiger partial charge in [0.15, 0.2) is 5.78 Å². The smallest absolute Gasteiger partial charge is 0.161 e. The number of ketones is 1. The summed E-state index contributed by atoms with van der Waals surface area (Å²) in [6.07, 6.45) is 2.59. The summed E-state index contributed by atoms with van der Waals surface area (Å²) in [5, 5.41) is 0. The second-order valence-corrected chi connectivity index (χ2v) is 5.59. The van der Waals surface area contributed by atoms with Gasteiger partial charge in [0.1, 0.15) is 0 Å². The Balaban J connectivity index is 2.23. The number of carbonyl (C=O) groups is 1. The first-order valence-corrected chi connectivity index (χ1v) is 7.20. The number of nitrogen functional groups attached to an aromatic ring is 1. The van der Waals surface area contributed by atoms with Crippen LogP contribution in [0.3, 0.4) is 0 Å². The van der Waals surface area contributed by atoms with Gasteiger partial charge < -0.3 is 15.4 Å². The lowest BCUT2D eigenvalue weighted by Gasteiger charge is -2.31. The highest BCUT2D eigenvalue weighted by Crippen LogP contribution is 2.37. The number of nitrogens with zero attached hydrogens (tertiary/aromatic N) is 1. The van der Waals surface area contributed by atoms with E-state index in [1.165, 1.54) is 12.8 Å². The average Bonchev–Trinajstić information content (AvgIpc) is 3.22. The molecule has 0 aromatic heterocycles. The maximum atomic E-state index is 11.5. The topological polar surface area (TPSA) is 55.6 Å². The van der Waals surface area contributed by atoms with Crippen LogP contribution in [0.25, 0.3) is 0 Å². The molecule has 2 rings (SSSR count). The molecule has 1 unspecified atom stereocenters. The van der Waals surface area contributed by atoms with E-state index in [0.717, 1.165) is 18.2 Å². The Morgan fingerprint density at radius 2 is 2.20 bits per heavy atom. The highest BCUT2D eigenvalue weighted by molar-refractivity contribution is 5.99. The van der Waals surface area contributed by atoms with E-state index in [1.807, 2.05) is 18.2 Å². The predicted octanol–water partition coefficient (Wildman–Crippen LogP) is 2.72. The number of nitrogens with two attached hydrogens (primary N) is 1. The molecule has 0 heterocycles. The lowest BCUT2D eigenvalue weighted by Crippen LogP contribution is -2.37. The minimum Gasteiger partial charge on any atom is -0.398 e. The fourth-order valence-electron chi connectivity index (χ4n) is 2.64. The van der Waals surface area contributed by atoms with Crippen molar-refractivity contribution < 1.29 is 9.53 Å². The summed E-state index contributed by atoms with van der Waals surface area (Å²) in [6.45, 7) is 5.32. The van der Waals surface area contributed by atoms with Crippen molar-refractivity contribution in [2.24, 2.45) is 5.92 Å². The van der Waals surface area contributed by atoms with Crippen molar-refractivity contribution in [3.63, 3.8) is 0 Å². The molecule has 4 nitrogen and oxygen atoms in total. The standard InChI is InChI=1S/C16H24N2O2/c1-11(13-4-5-13)18(8-9-20-3)14-6-7-15(12(2)19)16(17)10-14/h6-7,10-11,13H,4-5,8-9,17H2,1-3H3. The summed E-state index contributed by atoms with van der Waals surface area (Å²) < 4.78 is 5.21. The van der Waals surface area contributed by atoms with Crippen molar-refractivity contribution >= 4 is 17.2 Å². The third kappa shape index (κ3) is 3.31. The molecule has 1 aromatic carbocycles. The number of benzene rings is 1. The van der Waals surface area contributed by atoms with Gasteiger partial charge in [-0.15, -0.1) is 0 Å². The molecule has 1 aliphatic carbocycles. The fourth-order valence-corrected chi connectivity index (χ4v) is 2.64. The molecule has 110 valence electrons. The molecule has 0 amide bonds. The molecule has 1 atom stereocenters. The van der Waals surface area contributed by atoms with Crippen molar-refractivity contribution in [1.82, 2.24) is 0 Å². The molecule has 2 N–H and O–H groups in total. The van der Waals surface area contributed by atoms with Crippen LogP contribution >= 0.6 is 0 Å². The van der Waals surface area contributed by atoms with E-state index in [1.54, 1.807) is 14.0 Å². The van der Waals surface area contributed by atoms with E-state index in [0.29, 0.717) is 23.9 Å². The first kappa shape index (κ1) is 14.9. The maximum Gasteiger partial charge on any atom is 0.161 e. The van der Waals surface area contributed by atoms with Crippen molar-refractivity contribution in [2.75, 3.05) is 30.9 Å². The molecule has 0 bridgehead atoms. The molecule has 1 aromatic rings. The molecular formula is C16H24N2O2. The summed E-state index contributed by atoms with van der Waals surface area (Å²) in [5.41, 5.74) is 8.23. The van der Waals surface area contributed by atoms with Crippen LogP contribution in [0.1, 0.15) is 37.0 Å². The van der Waals surface area contributed by atoms with Crippen LogP contribution in [-0.4, -0.2) is 32.1 Å². The van der Waals surface area contributed by atoms with Gasteiger partial charge in [0, 0.05) is 36.6 Å². The number of rotatable bonds is 7. The molecule has 20 heavy (non-hydrogen) atoms. The molecule has 0 aliphatic heterocycles. The van der Waals surface area contributed by atoms with Crippen molar-refractivity contribution in [2.45, 2.75) is 32.7 Å². The van der Waals surface area contributed by atoms with Gasteiger partial charge in [0.25, 0.3) is 0 Å². The molecule has 4 heteroatoms. The zero-order chi connectivity index (χ0) is 14.7. The van der Waals surface area contributed by atoms with Gasteiger partial charge in [0.05, 0.1) is 6.61 Å². The molecule has 0 spiro atoms. The zero-order valence-corrected chi connectivity index (χ0v) is 12.6. The quantitative estimate of drug-likeness (QED) is 0.614. The van der Waals surface area contributed by atoms with Gasteiger partial charge in [-0.05, 0) is 50.8 Å². The van der Waals surface area contributed by atoms with Gasteiger partial charge >= 0.3 is 0 Å². The molecule has 1 aliphatic rings. The van der Waals surface area contributed by atoms with E-state index in [-0.39, 0.29) is 5.78 Å². The Morgan fingerprint density at radius 1 is 1.50 bits per heavy atom. The number of hydrogen-bond acceptors (Lipinski definition) is 4. The number of Topliss-reactive ketones (excluding diaryl/α,β-unsaturated/α-hetero) is 1. The number of ether oxygens (including phenoxy) is 1. The monoisotopic (exact) mass is 276 g/mol. The number of carbonyl (C=O) groups excluding carboxylic acids is 1. The molecule has 0 saturated heterocycles. The number of hydrogen-bond donors (Lipinski definition) is 1. The highest BCUT2D eigenvalue weighted by Gasteiger charge is 2.32. The Hall–Kier alpha value is -1.55. The Kier molecular flexibility index (Phi) is 4.65. The van der Waals surface area contributed by atoms with Crippen LogP contribution in [0.4, 0.5) is 11.4 Å². The predicted molar refractivity (Wildman–Crippen MR) is 82.3 cm³/mol. The second kappa shape index (κ2) is 6.27. The minimum absolute atomic E-state index is 0.00716. The normalized spacial score (nSPS) is 15.9. The van der Waals surface area contributed by atoms with E-state index in [2.05, 4.69) is 11.8 Å². The van der Waals surface area contributed by atoms with Crippen LogP contribution in [-0.2, 0) is 4.74 Å². The van der Waals surface area contributed by atoms with Crippen molar-refractivity contribution in [3.05, 3.63) is 23.8 Å². The van der Waals surface area contributed by atoms with Crippen LogP contribution in [0.2, 0.25) is 0 Å². The van der Waals surface area contributed by atoms with E-state index in [9.17, 15) is 4.79 Å². The third-order valence-electron chi connectivity index (χ3n) is 4.08.